The minimum atomic E-state index is -0.0861. The van der Waals surface area contributed by atoms with Gasteiger partial charge in [-0.25, -0.2) is 9.97 Å². The molecule has 1 aliphatic rings. The van der Waals surface area contributed by atoms with E-state index in [-0.39, 0.29) is 11.8 Å². The summed E-state index contributed by atoms with van der Waals surface area (Å²) in [5.74, 6) is 1.98. The molecular formula is C23H30N6O. The number of hydrogen-bond donors (Lipinski definition) is 1. The molecule has 1 N–H and O–H groups in total. The van der Waals surface area contributed by atoms with Crippen molar-refractivity contribution in [1.82, 2.24) is 19.4 Å². The number of rotatable bonds is 6. The van der Waals surface area contributed by atoms with Gasteiger partial charge in [0.2, 0.25) is 5.91 Å². The first-order chi connectivity index (χ1) is 14.5. The number of hydrogen-bond acceptors (Lipinski definition) is 5. The fourth-order valence-corrected chi connectivity index (χ4v) is 4.16. The maximum absolute atomic E-state index is 12.8. The lowest BCUT2D eigenvalue weighted by Crippen LogP contribution is -2.48. The summed E-state index contributed by atoms with van der Waals surface area (Å²) in [7, 11) is 0. The van der Waals surface area contributed by atoms with E-state index in [2.05, 4.69) is 36.6 Å². The summed E-state index contributed by atoms with van der Waals surface area (Å²) in [4.78, 5) is 26.5. The van der Waals surface area contributed by atoms with Crippen LogP contribution < -0.4 is 10.2 Å². The largest absolute Gasteiger partial charge is 0.354 e. The first-order valence-corrected chi connectivity index (χ1v) is 10.7. The molecule has 0 radical (unpaired) electrons. The standard InChI is InChI=1S/C23H30N6O/c1-4-29-18(3)25-20-15-19(8-9-21(20)29)26-23(30)17(2)16-27-11-13-28(14-12-27)22-7-5-6-10-24-22/h5-10,15,17H,4,11-14,16H2,1-3H3,(H,26,30)/t17-/m1/s1. The maximum atomic E-state index is 12.8. The van der Waals surface area contributed by atoms with E-state index in [0.29, 0.717) is 0 Å². The smallest absolute Gasteiger partial charge is 0.228 e. The van der Waals surface area contributed by atoms with Crippen LogP contribution in [0.1, 0.15) is 19.7 Å². The molecule has 0 bridgehead atoms. The second-order valence-corrected chi connectivity index (χ2v) is 7.97. The first-order valence-electron chi connectivity index (χ1n) is 10.7. The highest BCUT2D eigenvalue weighted by Gasteiger charge is 2.22. The zero-order valence-corrected chi connectivity index (χ0v) is 18.0. The van der Waals surface area contributed by atoms with E-state index in [1.165, 1.54) is 0 Å². The Morgan fingerprint density at radius 1 is 1.17 bits per heavy atom. The lowest BCUT2D eigenvalue weighted by atomic mass is 10.1. The predicted octanol–water partition coefficient (Wildman–Crippen LogP) is 3.16. The lowest BCUT2D eigenvalue weighted by molar-refractivity contribution is -0.120. The van der Waals surface area contributed by atoms with Crippen LogP contribution in [0.5, 0.6) is 0 Å². The van der Waals surface area contributed by atoms with Crippen LogP contribution >= 0.6 is 0 Å². The molecular weight excluding hydrogens is 376 g/mol. The Labute approximate surface area is 177 Å². The summed E-state index contributed by atoms with van der Waals surface area (Å²) in [6, 6.07) is 12.0. The molecule has 1 saturated heterocycles. The third kappa shape index (κ3) is 4.31. The minimum absolute atomic E-state index is 0.0492. The average Bonchev–Trinajstić information content (AvgIpc) is 3.08. The summed E-state index contributed by atoms with van der Waals surface area (Å²) in [6.07, 6.45) is 1.83. The van der Waals surface area contributed by atoms with Crippen LogP contribution in [0.2, 0.25) is 0 Å². The summed E-state index contributed by atoms with van der Waals surface area (Å²) in [6.45, 7) is 11.5. The lowest BCUT2D eigenvalue weighted by Gasteiger charge is -2.36. The van der Waals surface area contributed by atoms with Gasteiger partial charge >= 0.3 is 0 Å². The number of nitrogens with zero attached hydrogens (tertiary/aromatic N) is 5. The number of nitrogens with one attached hydrogen (secondary N) is 1. The van der Waals surface area contributed by atoms with Gasteiger partial charge in [0.1, 0.15) is 11.6 Å². The Hall–Kier alpha value is -2.93. The number of carbonyl (C=O) groups is 1. The molecule has 0 spiro atoms. The van der Waals surface area contributed by atoms with Gasteiger partial charge in [0.15, 0.2) is 0 Å². The molecule has 1 aliphatic heterocycles. The monoisotopic (exact) mass is 406 g/mol. The van der Waals surface area contributed by atoms with Crippen molar-refractivity contribution in [1.29, 1.82) is 0 Å². The van der Waals surface area contributed by atoms with Gasteiger partial charge in [-0.3, -0.25) is 9.69 Å². The van der Waals surface area contributed by atoms with E-state index in [4.69, 9.17) is 0 Å². The van der Waals surface area contributed by atoms with E-state index in [9.17, 15) is 4.79 Å². The molecule has 2 aromatic heterocycles. The molecule has 3 heterocycles. The van der Waals surface area contributed by atoms with E-state index in [1.54, 1.807) is 0 Å². The van der Waals surface area contributed by atoms with Crippen molar-refractivity contribution in [3.05, 3.63) is 48.4 Å². The SMILES string of the molecule is CCn1c(C)nc2cc(NC(=O)[C@H](C)CN3CCN(c4ccccn4)CC3)ccc21. The quantitative estimate of drug-likeness (QED) is 0.681. The van der Waals surface area contributed by atoms with Crippen molar-refractivity contribution in [2.45, 2.75) is 27.3 Å². The molecule has 1 amide bonds. The molecule has 0 aliphatic carbocycles. The highest BCUT2D eigenvalue weighted by atomic mass is 16.1. The number of piperazine rings is 1. The molecule has 158 valence electrons. The van der Waals surface area contributed by atoms with Gasteiger partial charge in [-0.15, -0.1) is 0 Å². The third-order valence-corrected chi connectivity index (χ3v) is 5.85. The molecule has 3 aromatic rings. The zero-order chi connectivity index (χ0) is 21.1. The maximum Gasteiger partial charge on any atom is 0.228 e. The number of aryl methyl sites for hydroxylation is 2. The molecule has 7 nitrogen and oxygen atoms in total. The normalized spacial score (nSPS) is 16.0. The predicted molar refractivity (Wildman–Crippen MR) is 121 cm³/mol. The Kier molecular flexibility index (Phi) is 5.99. The van der Waals surface area contributed by atoms with Crippen molar-refractivity contribution < 1.29 is 4.79 Å². The van der Waals surface area contributed by atoms with Gasteiger partial charge in [0.25, 0.3) is 0 Å². The van der Waals surface area contributed by atoms with Crippen molar-refractivity contribution in [2.75, 3.05) is 42.9 Å². The molecule has 30 heavy (non-hydrogen) atoms. The van der Waals surface area contributed by atoms with Gasteiger partial charge < -0.3 is 14.8 Å². The van der Waals surface area contributed by atoms with Crippen LogP contribution in [0.15, 0.2) is 42.6 Å². The second-order valence-electron chi connectivity index (χ2n) is 7.97. The van der Waals surface area contributed by atoms with Gasteiger partial charge in [0.05, 0.1) is 11.0 Å². The molecule has 0 saturated carbocycles. The molecule has 4 rings (SSSR count). The Balaban J connectivity index is 1.31. The summed E-state index contributed by atoms with van der Waals surface area (Å²) >= 11 is 0. The van der Waals surface area contributed by atoms with E-state index < -0.39 is 0 Å². The van der Waals surface area contributed by atoms with Crippen LogP contribution in [0.3, 0.4) is 0 Å². The second kappa shape index (κ2) is 8.83. The van der Waals surface area contributed by atoms with E-state index in [1.807, 2.05) is 56.4 Å². The highest BCUT2D eigenvalue weighted by molar-refractivity contribution is 5.94. The topological polar surface area (TPSA) is 66.3 Å². The van der Waals surface area contributed by atoms with Gasteiger partial charge in [-0.1, -0.05) is 13.0 Å². The van der Waals surface area contributed by atoms with Gasteiger partial charge in [0, 0.05) is 57.1 Å². The van der Waals surface area contributed by atoms with E-state index >= 15 is 0 Å². The Morgan fingerprint density at radius 3 is 2.67 bits per heavy atom. The Bertz CT molecular complexity index is 1010. The van der Waals surface area contributed by atoms with Gasteiger partial charge in [-0.2, -0.15) is 0 Å². The van der Waals surface area contributed by atoms with Crippen LogP contribution in [-0.4, -0.2) is 58.1 Å². The number of fused-ring (bicyclic) bond motifs is 1. The molecule has 7 heteroatoms. The first kappa shape index (κ1) is 20.3. The van der Waals surface area contributed by atoms with Crippen molar-refractivity contribution >= 4 is 28.4 Å². The van der Waals surface area contributed by atoms with Crippen molar-refractivity contribution in [3.8, 4) is 0 Å². The fourth-order valence-electron chi connectivity index (χ4n) is 4.16. The highest BCUT2D eigenvalue weighted by Crippen LogP contribution is 2.21. The molecule has 1 atom stereocenters. The number of imidazole rings is 1. The summed E-state index contributed by atoms with van der Waals surface area (Å²) in [5.41, 5.74) is 2.83. The van der Waals surface area contributed by atoms with Crippen LogP contribution in [0.4, 0.5) is 11.5 Å². The molecule has 1 fully saturated rings. The van der Waals surface area contributed by atoms with Gasteiger partial charge in [-0.05, 0) is 44.2 Å². The van der Waals surface area contributed by atoms with Crippen LogP contribution in [-0.2, 0) is 11.3 Å². The zero-order valence-electron chi connectivity index (χ0n) is 18.0. The fraction of sp³-hybridized carbons (Fsp3) is 0.435. The number of benzene rings is 1. The van der Waals surface area contributed by atoms with Crippen molar-refractivity contribution in [2.24, 2.45) is 5.92 Å². The summed E-state index contributed by atoms with van der Waals surface area (Å²) < 4.78 is 2.17. The average molecular weight is 407 g/mol. The number of anilines is 2. The number of aromatic nitrogens is 3. The number of pyridine rings is 1. The van der Waals surface area contributed by atoms with E-state index in [0.717, 1.165) is 67.6 Å². The van der Waals surface area contributed by atoms with Crippen molar-refractivity contribution in [3.63, 3.8) is 0 Å². The molecule has 1 aromatic carbocycles. The number of carbonyl (C=O) groups excluding carboxylic acids is 1. The number of amides is 1. The molecule has 0 unspecified atom stereocenters. The summed E-state index contributed by atoms with van der Waals surface area (Å²) in [5, 5.41) is 3.07. The third-order valence-electron chi connectivity index (χ3n) is 5.85. The van der Waals surface area contributed by atoms with Crippen LogP contribution in [0, 0.1) is 12.8 Å². The minimum Gasteiger partial charge on any atom is -0.354 e. The van der Waals surface area contributed by atoms with Crippen LogP contribution in [0.25, 0.3) is 11.0 Å². The Morgan fingerprint density at radius 2 is 1.97 bits per heavy atom.